The number of carbonyl (C=O) groups is 2. The fourth-order valence-corrected chi connectivity index (χ4v) is 6.91. The quantitative estimate of drug-likeness (QED) is 0.0611. The Morgan fingerprint density at radius 3 is 2.64 bits per heavy atom. The standard InChI is InChI=1S/C33H28ClN3O6S2/c1-3-4-15-42-24-14-11-21(17-25(24)41-2)28-27(29(38)26-16-20-7-5-6-8-23(20)43-26)30(39)31(40)37(28)32-35-36-33(45-32)44-18-19-9-12-22(34)13-10-19/h5-14,16-17,28,39H,3-4,15,18H2,1-2H3. The Morgan fingerprint density at radius 1 is 1.09 bits per heavy atom. The smallest absolute Gasteiger partial charge is 0.296 e. The minimum absolute atomic E-state index is 0.000331. The zero-order valence-electron chi connectivity index (χ0n) is 24.4. The van der Waals surface area contributed by atoms with E-state index in [1.807, 2.05) is 36.4 Å². The van der Waals surface area contributed by atoms with Crippen molar-refractivity contribution >= 4 is 62.5 Å². The van der Waals surface area contributed by atoms with Crippen LogP contribution in [-0.2, 0) is 10.5 Å². The molecule has 1 N–H and O–H groups in total. The van der Waals surface area contributed by atoms with Gasteiger partial charge in [0.1, 0.15) is 5.58 Å². The van der Waals surface area contributed by atoms with Crippen molar-refractivity contribution < 1.29 is 28.6 Å². The van der Waals surface area contributed by atoms with E-state index in [4.69, 9.17) is 25.5 Å². The summed E-state index contributed by atoms with van der Waals surface area (Å²) >= 11 is 8.65. The molecule has 0 saturated heterocycles. The number of furan rings is 1. The Hall–Kier alpha value is -4.32. The van der Waals surface area contributed by atoms with E-state index in [0.717, 1.165) is 23.8 Å². The molecule has 1 aliphatic rings. The Bertz CT molecular complexity index is 1870. The molecule has 3 aromatic carbocycles. The number of aliphatic hydroxyl groups excluding tert-OH is 1. The second-order valence-corrected chi connectivity index (χ2v) is 12.8. The van der Waals surface area contributed by atoms with Crippen molar-refractivity contribution in [3.63, 3.8) is 0 Å². The molecule has 3 heterocycles. The molecule has 0 bridgehead atoms. The Kier molecular flexibility index (Phi) is 9.11. The van der Waals surface area contributed by atoms with Crippen LogP contribution in [0.1, 0.15) is 47.5 Å². The Morgan fingerprint density at radius 2 is 1.89 bits per heavy atom. The fraction of sp³-hybridized carbons (Fsp3) is 0.212. The van der Waals surface area contributed by atoms with Crippen molar-refractivity contribution in [1.29, 1.82) is 0 Å². The number of Topliss-reactive ketones (excluding diaryl/α,β-unsaturated/α-hetero) is 1. The number of aliphatic hydroxyl groups is 1. The lowest BCUT2D eigenvalue weighted by Crippen LogP contribution is -2.31. The van der Waals surface area contributed by atoms with E-state index >= 15 is 0 Å². The number of carbonyl (C=O) groups excluding carboxylic acids is 2. The predicted molar refractivity (Wildman–Crippen MR) is 175 cm³/mol. The number of anilines is 1. The van der Waals surface area contributed by atoms with Crippen LogP contribution in [0.25, 0.3) is 11.0 Å². The van der Waals surface area contributed by atoms with E-state index in [2.05, 4.69) is 17.1 Å². The number of ketones is 1. The SMILES string of the molecule is CCCCOc1ccc(C2C(C(=O)c3cc4ccccc4o3)=C(O)C(=O)N2c2nnc(SCc3ccc(Cl)cc3)s2)cc1OC. The largest absolute Gasteiger partial charge is 0.503 e. The van der Waals surface area contributed by atoms with Crippen molar-refractivity contribution in [2.24, 2.45) is 0 Å². The molecule has 1 unspecified atom stereocenters. The summed E-state index contributed by atoms with van der Waals surface area (Å²) in [6.45, 7) is 2.59. The number of ether oxygens (including phenoxy) is 2. The number of rotatable bonds is 12. The second-order valence-electron chi connectivity index (χ2n) is 10.2. The average Bonchev–Trinajstić information content (AvgIpc) is 3.77. The molecule has 5 aromatic rings. The summed E-state index contributed by atoms with van der Waals surface area (Å²) in [6, 6.07) is 20.4. The summed E-state index contributed by atoms with van der Waals surface area (Å²) < 4.78 is 18.0. The molecule has 0 radical (unpaired) electrons. The molecule has 2 aromatic heterocycles. The van der Waals surface area contributed by atoms with E-state index in [9.17, 15) is 14.7 Å². The third-order valence-corrected chi connectivity index (χ3v) is 9.62. The molecular formula is C33H28ClN3O6S2. The van der Waals surface area contributed by atoms with Gasteiger partial charge in [0.2, 0.25) is 10.9 Å². The monoisotopic (exact) mass is 661 g/mol. The maximum Gasteiger partial charge on any atom is 0.296 e. The number of methoxy groups -OCH3 is 1. The maximum absolute atomic E-state index is 14.0. The van der Waals surface area contributed by atoms with E-state index in [1.54, 1.807) is 36.4 Å². The van der Waals surface area contributed by atoms with Gasteiger partial charge in [0.15, 0.2) is 27.4 Å². The Balaban J connectivity index is 1.37. The van der Waals surface area contributed by atoms with Crippen LogP contribution in [0.2, 0.25) is 5.02 Å². The van der Waals surface area contributed by atoms with Crippen LogP contribution in [0.15, 0.2) is 92.9 Å². The van der Waals surface area contributed by atoms with Crippen LogP contribution in [0, 0.1) is 0 Å². The molecule has 1 amide bonds. The van der Waals surface area contributed by atoms with Crippen molar-refractivity contribution in [2.45, 2.75) is 35.9 Å². The van der Waals surface area contributed by atoms with Crippen LogP contribution in [0.3, 0.4) is 0 Å². The van der Waals surface area contributed by atoms with Crippen LogP contribution < -0.4 is 14.4 Å². The summed E-state index contributed by atoms with van der Waals surface area (Å²) in [5, 5.41) is 21.4. The highest BCUT2D eigenvalue weighted by Crippen LogP contribution is 2.46. The number of nitrogens with zero attached hydrogens (tertiary/aromatic N) is 3. The summed E-state index contributed by atoms with van der Waals surface area (Å²) in [5.41, 5.74) is 1.94. The fourth-order valence-electron chi connectivity index (χ4n) is 4.96. The van der Waals surface area contributed by atoms with Crippen LogP contribution in [0.4, 0.5) is 5.13 Å². The average molecular weight is 662 g/mol. The summed E-state index contributed by atoms with van der Waals surface area (Å²) in [4.78, 5) is 29.0. The molecular weight excluding hydrogens is 634 g/mol. The van der Waals surface area contributed by atoms with Gasteiger partial charge in [-0.05, 0) is 53.9 Å². The van der Waals surface area contributed by atoms with E-state index in [0.29, 0.717) is 44.4 Å². The third kappa shape index (κ3) is 6.28. The number of para-hydroxylation sites is 1. The molecule has 230 valence electrons. The van der Waals surface area contributed by atoms with Gasteiger partial charge in [0.05, 0.1) is 25.3 Å². The molecule has 0 spiro atoms. The summed E-state index contributed by atoms with van der Waals surface area (Å²) in [7, 11) is 1.52. The summed E-state index contributed by atoms with van der Waals surface area (Å²) in [6.07, 6.45) is 1.84. The number of amides is 1. The third-order valence-electron chi connectivity index (χ3n) is 7.24. The lowest BCUT2D eigenvalue weighted by Gasteiger charge is -2.24. The zero-order chi connectivity index (χ0) is 31.5. The maximum atomic E-state index is 14.0. The minimum atomic E-state index is -1.04. The van der Waals surface area contributed by atoms with Crippen molar-refractivity contribution in [2.75, 3.05) is 18.6 Å². The number of benzene rings is 3. The van der Waals surface area contributed by atoms with Gasteiger partial charge in [-0.1, -0.05) is 84.4 Å². The van der Waals surface area contributed by atoms with Crippen molar-refractivity contribution in [3.05, 3.63) is 106 Å². The van der Waals surface area contributed by atoms with Gasteiger partial charge in [0.25, 0.3) is 5.91 Å². The van der Waals surface area contributed by atoms with Gasteiger partial charge in [-0.25, -0.2) is 0 Å². The minimum Gasteiger partial charge on any atom is -0.503 e. The van der Waals surface area contributed by atoms with Crippen molar-refractivity contribution in [1.82, 2.24) is 10.2 Å². The first-order valence-electron chi connectivity index (χ1n) is 14.2. The lowest BCUT2D eigenvalue weighted by atomic mass is 9.95. The number of halogens is 1. The van der Waals surface area contributed by atoms with E-state index in [-0.39, 0.29) is 16.5 Å². The highest BCUT2D eigenvalue weighted by atomic mass is 35.5. The van der Waals surface area contributed by atoms with Gasteiger partial charge in [0, 0.05) is 16.2 Å². The molecule has 9 nitrogen and oxygen atoms in total. The number of fused-ring (bicyclic) bond motifs is 1. The van der Waals surface area contributed by atoms with Gasteiger partial charge in [-0.3, -0.25) is 14.5 Å². The number of unbranched alkanes of at least 4 members (excludes halogenated alkanes) is 1. The first-order chi connectivity index (χ1) is 21.9. The molecule has 45 heavy (non-hydrogen) atoms. The lowest BCUT2D eigenvalue weighted by molar-refractivity contribution is -0.117. The van der Waals surface area contributed by atoms with Gasteiger partial charge < -0.3 is 19.0 Å². The van der Waals surface area contributed by atoms with Crippen LogP contribution in [-0.4, -0.2) is 40.7 Å². The van der Waals surface area contributed by atoms with Crippen LogP contribution >= 0.6 is 34.7 Å². The van der Waals surface area contributed by atoms with E-state index < -0.39 is 23.5 Å². The number of hydrogen-bond acceptors (Lipinski definition) is 10. The van der Waals surface area contributed by atoms with Crippen molar-refractivity contribution in [3.8, 4) is 11.5 Å². The zero-order valence-corrected chi connectivity index (χ0v) is 26.7. The normalized spacial score (nSPS) is 14.9. The van der Waals surface area contributed by atoms with Crippen LogP contribution in [0.5, 0.6) is 11.5 Å². The first kappa shape index (κ1) is 30.7. The predicted octanol–water partition coefficient (Wildman–Crippen LogP) is 8.20. The van der Waals surface area contributed by atoms with Gasteiger partial charge in [-0.2, -0.15) is 0 Å². The number of thioether (sulfide) groups is 1. The number of aromatic nitrogens is 2. The molecule has 0 saturated carbocycles. The molecule has 12 heteroatoms. The highest BCUT2D eigenvalue weighted by molar-refractivity contribution is 8.00. The van der Waals surface area contributed by atoms with Gasteiger partial charge in [-0.15, -0.1) is 10.2 Å². The highest BCUT2D eigenvalue weighted by Gasteiger charge is 2.47. The summed E-state index contributed by atoms with van der Waals surface area (Å²) in [5.74, 6) is -0.506. The molecule has 0 fully saturated rings. The topological polar surface area (TPSA) is 115 Å². The first-order valence-corrected chi connectivity index (χ1v) is 16.4. The molecule has 0 aliphatic carbocycles. The molecule has 1 atom stereocenters. The molecule has 1 aliphatic heterocycles. The second kappa shape index (κ2) is 13.4. The molecule has 6 rings (SSSR count). The van der Waals surface area contributed by atoms with Gasteiger partial charge >= 0.3 is 0 Å². The number of hydrogen-bond donors (Lipinski definition) is 1. The Labute approximate surface area is 272 Å². The van der Waals surface area contributed by atoms with E-state index in [1.165, 1.54) is 35.1 Å².